The molecule has 0 fully saturated rings. The zero-order valence-corrected chi connectivity index (χ0v) is 22.2. The highest BCUT2D eigenvalue weighted by molar-refractivity contribution is 5.92. The fourth-order valence-corrected chi connectivity index (χ4v) is 4.20. The van der Waals surface area contributed by atoms with Crippen LogP contribution in [0.4, 0.5) is 20.4 Å². The number of hydrogen-bond acceptors (Lipinski definition) is 8. The molecular formula is C26H32F2N8O2. The molecule has 0 aliphatic heterocycles. The van der Waals surface area contributed by atoms with Gasteiger partial charge in [0.25, 0.3) is 11.1 Å². The molecule has 0 saturated carbocycles. The minimum Gasteiger partial charge on any atom is -0.367 e. The highest BCUT2D eigenvalue weighted by Gasteiger charge is 2.18. The number of anilines is 2. The molecule has 202 valence electrons. The number of nitrogens with zero attached hydrogens (tertiary/aromatic N) is 6. The third-order valence-corrected chi connectivity index (χ3v) is 6.13. The lowest BCUT2D eigenvalue weighted by atomic mass is 10.1. The molecule has 0 spiro atoms. The lowest BCUT2D eigenvalue weighted by Gasteiger charge is -2.16. The molecule has 2 N–H and O–H groups in total. The number of rotatable bonds is 10. The maximum absolute atomic E-state index is 15.4. The zero-order valence-electron chi connectivity index (χ0n) is 22.2. The Morgan fingerprint density at radius 3 is 2.13 bits per heavy atom. The van der Waals surface area contributed by atoms with E-state index in [-0.39, 0.29) is 28.5 Å². The first-order chi connectivity index (χ1) is 18.1. The second-order valence-electron chi connectivity index (χ2n) is 9.71. The van der Waals surface area contributed by atoms with Crippen molar-refractivity contribution in [3.63, 3.8) is 0 Å². The number of fused-ring (bicyclic) bond motifs is 2. The molecular weight excluding hydrogens is 494 g/mol. The monoisotopic (exact) mass is 526 g/mol. The normalized spacial score (nSPS) is 11.7. The Morgan fingerprint density at radius 1 is 0.816 bits per heavy atom. The van der Waals surface area contributed by atoms with Crippen LogP contribution in [0.2, 0.25) is 0 Å². The molecule has 0 saturated heterocycles. The van der Waals surface area contributed by atoms with E-state index in [4.69, 9.17) is 0 Å². The van der Waals surface area contributed by atoms with Gasteiger partial charge in [0.1, 0.15) is 11.6 Å². The molecule has 0 atom stereocenters. The number of halogens is 2. The molecule has 0 radical (unpaired) electrons. The first kappa shape index (κ1) is 27.1. The first-order valence-corrected chi connectivity index (χ1v) is 12.2. The summed E-state index contributed by atoms with van der Waals surface area (Å²) < 4.78 is 32.4. The van der Waals surface area contributed by atoms with Crippen molar-refractivity contribution in [3.05, 3.63) is 68.2 Å². The largest absolute Gasteiger partial charge is 0.367 e. The second-order valence-corrected chi connectivity index (χ2v) is 9.71. The van der Waals surface area contributed by atoms with Gasteiger partial charge in [-0.3, -0.25) is 9.59 Å². The fourth-order valence-electron chi connectivity index (χ4n) is 4.20. The number of benzene rings is 2. The Labute approximate surface area is 218 Å². The van der Waals surface area contributed by atoms with Gasteiger partial charge < -0.3 is 20.4 Å². The molecule has 38 heavy (non-hydrogen) atoms. The molecule has 2 aromatic heterocycles. The van der Waals surface area contributed by atoms with E-state index in [0.717, 1.165) is 9.36 Å². The van der Waals surface area contributed by atoms with Gasteiger partial charge in [0.15, 0.2) is 11.6 Å². The highest BCUT2D eigenvalue weighted by Crippen LogP contribution is 2.25. The van der Waals surface area contributed by atoms with Crippen molar-refractivity contribution in [1.29, 1.82) is 0 Å². The Balaban J connectivity index is 1.78. The second kappa shape index (κ2) is 11.2. The highest BCUT2D eigenvalue weighted by atomic mass is 19.1. The summed E-state index contributed by atoms with van der Waals surface area (Å²) in [5, 5.41) is 15.3. The maximum atomic E-state index is 15.4. The van der Waals surface area contributed by atoms with Crippen LogP contribution in [0.5, 0.6) is 0 Å². The summed E-state index contributed by atoms with van der Waals surface area (Å²) in [5.74, 6) is -0.727. The molecule has 0 amide bonds. The van der Waals surface area contributed by atoms with Crippen LogP contribution >= 0.6 is 0 Å². The number of likely N-dealkylation sites (N-methyl/N-ethyl adjacent to an activating group) is 2. The van der Waals surface area contributed by atoms with Crippen LogP contribution in [-0.2, 0) is 13.6 Å². The molecule has 2 aromatic carbocycles. The van der Waals surface area contributed by atoms with E-state index in [9.17, 15) is 14.0 Å². The average Bonchev–Trinajstić information content (AvgIpc) is 2.84. The Morgan fingerprint density at radius 2 is 1.47 bits per heavy atom. The molecule has 2 heterocycles. The zero-order chi connectivity index (χ0) is 27.6. The standard InChI is InChI=1S/C26H32F2N8O2/c1-33(2)11-9-29-23-17-7-6-8-19(27)22(17)26(38)36(32-23)15-16-13-18-21(20(28)14-16)24(30-10-12-34(3)4)31-35(5)25(18)37/h6-8,13-14H,9-12,15H2,1-5H3,(H,29,32)(H,30,31). The van der Waals surface area contributed by atoms with Crippen molar-refractivity contribution in [1.82, 2.24) is 29.4 Å². The topological polar surface area (TPSA) is 100 Å². The third kappa shape index (κ3) is 5.65. The van der Waals surface area contributed by atoms with Crippen molar-refractivity contribution in [2.75, 3.05) is 65.0 Å². The van der Waals surface area contributed by atoms with Crippen molar-refractivity contribution in [2.45, 2.75) is 6.54 Å². The lowest BCUT2D eigenvalue weighted by Crippen LogP contribution is -2.28. The van der Waals surface area contributed by atoms with Crippen molar-refractivity contribution >= 4 is 33.2 Å². The Bertz CT molecular complexity index is 1600. The van der Waals surface area contributed by atoms with Crippen LogP contribution in [0.15, 0.2) is 39.9 Å². The van der Waals surface area contributed by atoms with Crippen LogP contribution in [0, 0.1) is 11.6 Å². The molecule has 0 aliphatic rings. The Kier molecular flexibility index (Phi) is 8.02. The van der Waals surface area contributed by atoms with E-state index in [1.807, 2.05) is 38.0 Å². The number of aryl methyl sites for hydroxylation is 1. The van der Waals surface area contributed by atoms with Crippen molar-refractivity contribution in [3.8, 4) is 0 Å². The van der Waals surface area contributed by atoms with Gasteiger partial charge >= 0.3 is 0 Å². The van der Waals surface area contributed by atoms with E-state index in [1.54, 1.807) is 6.07 Å². The average molecular weight is 527 g/mol. The molecule has 12 heteroatoms. The van der Waals surface area contributed by atoms with Crippen LogP contribution < -0.4 is 21.8 Å². The lowest BCUT2D eigenvalue weighted by molar-refractivity contribution is 0.425. The number of hydrogen-bond donors (Lipinski definition) is 2. The van der Waals surface area contributed by atoms with Gasteiger partial charge in [0.2, 0.25) is 0 Å². The van der Waals surface area contributed by atoms with E-state index in [2.05, 4.69) is 20.8 Å². The summed E-state index contributed by atoms with van der Waals surface area (Å²) in [5.41, 5.74) is -0.790. The summed E-state index contributed by atoms with van der Waals surface area (Å²) in [6, 6.07) is 7.14. The summed E-state index contributed by atoms with van der Waals surface area (Å²) in [7, 11) is 9.17. The smallest absolute Gasteiger partial charge is 0.278 e. The van der Waals surface area contributed by atoms with E-state index >= 15 is 4.39 Å². The van der Waals surface area contributed by atoms with Crippen LogP contribution in [0.3, 0.4) is 0 Å². The minimum absolute atomic E-state index is 0.0755. The van der Waals surface area contributed by atoms with Gasteiger partial charge in [0.05, 0.1) is 22.7 Å². The third-order valence-electron chi connectivity index (χ3n) is 6.13. The van der Waals surface area contributed by atoms with Gasteiger partial charge in [-0.05, 0) is 52.0 Å². The molecule has 0 unspecified atom stereocenters. The maximum Gasteiger partial charge on any atom is 0.278 e. The number of aromatic nitrogens is 4. The Hall–Kier alpha value is -3.90. The van der Waals surface area contributed by atoms with Crippen LogP contribution in [0.25, 0.3) is 21.5 Å². The molecule has 0 bridgehead atoms. The first-order valence-electron chi connectivity index (χ1n) is 12.2. The van der Waals surface area contributed by atoms with Gasteiger partial charge in [0, 0.05) is 38.6 Å². The van der Waals surface area contributed by atoms with Gasteiger partial charge in [-0.15, -0.1) is 0 Å². The van der Waals surface area contributed by atoms with Crippen LogP contribution in [0.1, 0.15) is 5.56 Å². The molecule has 0 aliphatic carbocycles. The quantitative estimate of drug-likeness (QED) is 0.323. The van der Waals surface area contributed by atoms with Crippen molar-refractivity contribution < 1.29 is 8.78 Å². The summed E-state index contributed by atoms with van der Waals surface area (Å²) in [4.78, 5) is 30.0. The molecule has 10 nitrogen and oxygen atoms in total. The SMILES string of the molecule is CN(C)CCNc1nn(Cc2cc(F)c3c(NCCN(C)C)nn(C)c(=O)c3c2)c(=O)c2c(F)cccc12. The molecule has 4 aromatic rings. The van der Waals surface area contributed by atoms with Gasteiger partial charge in [-0.1, -0.05) is 12.1 Å². The summed E-state index contributed by atoms with van der Waals surface area (Å²) in [6.07, 6.45) is 0. The summed E-state index contributed by atoms with van der Waals surface area (Å²) in [6.45, 7) is 2.23. The number of nitrogens with one attached hydrogen (secondary N) is 2. The predicted octanol–water partition coefficient (Wildman–Crippen LogP) is 1.92. The predicted molar refractivity (Wildman–Crippen MR) is 146 cm³/mol. The molecule has 4 rings (SSSR count). The van der Waals surface area contributed by atoms with Crippen LogP contribution in [-0.4, -0.2) is 83.7 Å². The minimum atomic E-state index is -0.669. The van der Waals surface area contributed by atoms with Gasteiger partial charge in [-0.25, -0.2) is 18.1 Å². The fraction of sp³-hybridized carbons (Fsp3) is 0.385. The van der Waals surface area contributed by atoms with Gasteiger partial charge in [-0.2, -0.15) is 10.2 Å². The summed E-state index contributed by atoms with van der Waals surface area (Å²) >= 11 is 0. The van der Waals surface area contributed by atoms with E-state index in [1.165, 1.54) is 31.3 Å². The van der Waals surface area contributed by atoms with Crippen molar-refractivity contribution in [2.24, 2.45) is 7.05 Å². The van der Waals surface area contributed by atoms with E-state index in [0.29, 0.717) is 42.9 Å². The van der Waals surface area contributed by atoms with E-state index < -0.39 is 22.8 Å².